The predicted molar refractivity (Wildman–Crippen MR) is 232 cm³/mol. The molecule has 0 fully saturated rings. The number of hydrogen-bond donors (Lipinski definition) is 3. The maximum absolute atomic E-state index is 13.1. The summed E-state index contributed by atoms with van der Waals surface area (Å²) >= 11 is 0. The van der Waals surface area contributed by atoms with Gasteiger partial charge in [0.25, 0.3) is 11.1 Å². The zero-order valence-corrected chi connectivity index (χ0v) is 33.4. The van der Waals surface area contributed by atoms with E-state index in [2.05, 4.69) is 30.6 Å². The monoisotopic (exact) mass is 832 g/mol. The molecule has 0 amide bonds. The van der Waals surface area contributed by atoms with Gasteiger partial charge >= 0.3 is 11.9 Å². The zero-order chi connectivity index (χ0) is 43.3. The van der Waals surface area contributed by atoms with E-state index >= 15 is 0 Å². The highest BCUT2D eigenvalue weighted by Gasteiger charge is 2.22. The number of carboxylic acids is 1. The molecule has 0 radical (unpaired) electrons. The lowest BCUT2D eigenvalue weighted by molar-refractivity contribution is 0.0511. The second-order valence-electron chi connectivity index (χ2n) is 13.5. The van der Waals surface area contributed by atoms with Crippen molar-refractivity contribution in [2.75, 3.05) is 17.2 Å². The summed E-state index contributed by atoms with van der Waals surface area (Å²) in [6.45, 7) is 3.00. The lowest BCUT2D eigenvalue weighted by Crippen LogP contribution is -2.32. The Labute approximate surface area is 354 Å². The number of rotatable bonds is 15. The number of anilines is 2. The lowest BCUT2D eigenvalue weighted by Gasteiger charge is -2.15. The van der Waals surface area contributed by atoms with Crippen molar-refractivity contribution >= 4 is 45.6 Å². The van der Waals surface area contributed by atoms with Crippen molar-refractivity contribution < 1.29 is 29.1 Å². The highest BCUT2D eigenvalue weighted by Crippen LogP contribution is 2.22. The number of fused-ring (bicyclic) bond motifs is 2. The number of nitrogens with one attached hydrogen (secondary N) is 2. The van der Waals surface area contributed by atoms with E-state index in [4.69, 9.17) is 14.4 Å². The Morgan fingerprint density at radius 3 is 1.35 bits per heavy atom. The van der Waals surface area contributed by atoms with E-state index < -0.39 is 28.6 Å². The molecule has 0 unspecified atom stereocenters. The van der Waals surface area contributed by atoms with E-state index in [1.807, 2.05) is 121 Å². The van der Waals surface area contributed by atoms with E-state index in [-0.39, 0.29) is 36.7 Å². The molecule has 4 aromatic carbocycles. The molecule has 0 aliphatic rings. The molecule has 62 heavy (non-hydrogen) atoms. The Morgan fingerprint density at radius 2 is 0.952 bits per heavy atom. The summed E-state index contributed by atoms with van der Waals surface area (Å²) in [4.78, 5) is 78.3. The number of nitrogens with zero attached hydrogens (tertiary/aromatic N) is 6. The number of carbonyl (C=O) groups excluding carboxylic acids is 1. The minimum absolute atomic E-state index is 0.0791. The van der Waals surface area contributed by atoms with Gasteiger partial charge in [0.05, 0.1) is 17.4 Å². The fourth-order valence-corrected chi connectivity index (χ4v) is 6.20. The molecule has 0 atom stereocenters. The molecule has 0 aliphatic heterocycles. The average molecular weight is 833 g/mol. The second-order valence-corrected chi connectivity index (χ2v) is 13.5. The summed E-state index contributed by atoms with van der Waals surface area (Å²) in [5, 5.41) is 16.8. The van der Waals surface area contributed by atoms with Crippen molar-refractivity contribution in [2.45, 2.75) is 33.2 Å². The molecular weight excluding hydrogens is 793 g/mol. The third-order valence-corrected chi connectivity index (χ3v) is 9.26. The topological polar surface area (TPSA) is 202 Å². The van der Waals surface area contributed by atoms with Crippen molar-refractivity contribution in [2.24, 2.45) is 0 Å². The van der Waals surface area contributed by atoms with Crippen LogP contribution in [-0.2, 0) is 31.0 Å². The first-order chi connectivity index (χ1) is 30.3. The van der Waals surface area contributed by atoms with Crippen LogP contribution in [0.5, 0.6) is 0 Å². The number of carbonyl (C=O) groups is 2. The normalized spacial score (nSPS) is 10.7. The molecule has 0 aliphatic carbocycles. The molecule has 4 heterocycles. The summed E-state index contributed by atoms with van der Waals surface area (Å²) in [6.07, 6.45) is 2.65. The number of pyridine rings is 2. The van der Waals surface area contributed by atoms with Crippen LogP contribution >= 0.6 is 0 Å². The first-order valence-corrected chi connectivity index (χ1v) is 19.4. The molecule has 0 saturated heterocycles. The van der Waals surface area contributed by atoms with Gasteiger partial charge < -0.3 is 30.2 Å². The summed E-state index contributed by atoms with van der Waals surface area (Å²) in [7, 11) is 0. The number of ether oxygens (including phenoxy) is 1. The molecule has 3 N–H and O–H groups in total. The standard InChI is InChI=1S/C24H22N4O4.C22H18N4O4/c1-2-31-24(30)20-13-19-21(25-14-17-9-5-3-6-10-17)26-16-27-22(19)28(23(20)29)32-15-18-11-7-4-8-12-18;27-21-18(22(28)29)11-17-19(23-12-15-7-3-1-4-8-15)24-14-25-20(17)26(21)30-13-16-9-5-2-6-10-16/h3-13,16H,2,14-15H2,1H3,(H,25,26,27);1-11,14H,12-13H2,(H,28,29)(H,23,24,25). The average Bonchev–Trinajstić information content (AvgIpc) is 3.30. The van der Waals surface area contributed by atoms with E-state index in [9.17, 15) is 24.3 Å². The maximum atomic E-state index is 13.1. The SMILES string of the molecule is CCOC(=O)c1cc2c(NCc3ccccc3)ncnc2n(OCc2ccccc2)c1=O.O=C(O)c1cc2c(NCc3ccccc3)ncnc2n(OCc2ccccc2)c1=O. The molecule has 312 valence electrons. The number of esters is 1. The van der Waals surface area contributed by atoms with E-state index in [0.29, 0.717) is 35.5 Å². The molecule has 0 saturated carbocycles. The Balaban J connectivity index is 0.000000187. The molecule has 8 aromatic rings. The number of aromatic carboxylic acids is 1. The summed E-state index contributed by atoms with van der Waals surface area (Å²) in [6, 6.07) is 40.9. The minimum atomic E-state index is -1.35. The van der Waals surface area contributed by atoms with E-state index in [0.717, 1.165) is 31.7 Å². The fourth-order valence-electron chi connectivity index (χ4n) is 6.20. The van der Waals surface area contributed by atoms with Gasteiger partial charge in [-0.25, -0.2) is 29.5 Å². The molecule has 16 heteroatoms. The van der Waals surface area contributed by atoms with Crippen molar-refractivity contribution in [3.05, 3.63) is 200 Å². The number of carboxylic acid groups (broad SMARTS) is 1. The first kappa shape index (κ1) is 41.7. The minimum Gasteiger partial charge on any atom is -0.477 e. The van der Waals surface area contributed by atoms with Gasteiger partial charge in [-0.1, -0.05) is 121 Å². The Morgan fingerprint density at radius 1 is 0.565 bits per heavy atom. The largest absolute Gasteiger partial charge is 0.477 e. The van der Waals surface area contributed by atoms with E-state index in [1.54, 1.807) is 6.92 Å². The van der Waals surface area contributed by atoms with Gasteiger partial charge in [0.1, 0.15) is 48.6 Å². The Hall–Kier alpha value is -8.40. The highest BCUT2D eigenvalue weighted by atomic mass is 16.7. The number of aromatic nitrogens is 6. The molecule has 4 aromatic heterocycles. The van der Waals surface area contributed by atoms with Gasteiger partial charge in [-0.05, 0) is 41.3 Å². The van der Waals surface area contributed by atoms with Crippen LogP contribution in [0.1, 0.15) is 49.9 Å². The smallest absolute Gasteiger partial charge is 0.343 e. The third kappa shape index (κ3) is 10.1. The van der Waals surface area contributed by atoms with Crippen LogP contribution in [0.4, 0.5) is 11.6 Å². The van der Waals surface area contributed by atoms with Gasteiger partial charge in [-0.15, -0.1) is 9.46 Å². The van der Waals surface area contributed by atoms with Crippen LogP contribution in [0, 0.1) is 0 Å². The first-order valence-electron chi connectivity index (χ1n) is 19.4. The predicted octanol–water partition coefficient (Wildman–Crippen LogP) is 5.94. The highest BCUT2D eigenvalue weighted by molar-refractivity contribution is 5.96. The fraction of sp³-hybridized carbons (Fsp3) is 0.130. The number of benzene rings is 4. The van der Waals surface area contributed by atoms with Gasteiger partial charge in [0.2, 0.25) is 0 Å². The van der Waals surface area contributed by atoms with Crippen molar-refractivity contribution in [3.8, 4) is 0 Å². The molecule has 0 bridgehead atoms. The van der Waals surface area contributed by atoms with Gasteiger partial charge in [-0.3, -0.25) is 9.59 Å². The summed E-state index contributed by atoms with van der Waals surface area (Å²) in [5.74, 6) is -1.20. The molecule has 8 rings (SSSR count). The third-order valence-electron chi connectivity index (χ3n) is 9.26. The van der Waals surface area contributed by atoms with Crippen LogP contribution < -0.4 is 31.4 Å². The van der Waals surface area contributed by atoms with Gasteiger partial charge in [-0.2, -0.15) is 0 Å². The van der Waals surface area contributed by atoms with Crippen molar-refractivity contribution in [1.29, 1.82) is 0 Å². The van der Waals surface area contributed by atoms with Crippen LogP contribution in [0.25, 0.3) is 22.1 Å². The second kappa shape index (κ2) is 20.0. The summed E-state index contributed by atoms with van der Waals surface area (Å²) in [5.41, 5.74) is 2.21. The Kier molecular flexibility index (Phi) is 13.5. The maximum Gasteiger partial charge on any atom is 0.343 e. The van der Waals surface area contributed by atoms with Crippen LogP contribution in [0.15, 0.2) is 156 Å². The van der Waals surface area contributed by atoms with Gasteiger partial charge in [0.15, 0.2) is 11.3 Å². The van der Waals surface area contributed by atoms with Gasteiger partial charge in [0, 0.05) is 13.1 Å². The molecule has 0 spiro atoms. The number of hydrogen-bond acceptors (Lipinski definition) is 13. The Bertz CT molecular complexity index is 2920. The molecule has 16 nitrogen and oxygen atoms in total. The summed E-state index contributed by atoms with van der Waals surface area (Å²) < 4.78 is 7.03. The molecular formula is C46H40N8O8. The van der Waals surface area contributed by atoms with Crippen LogP contribution in [0.3, 0.4) is 0 Å². The van der Waals surface area contributed by atoms with Crippen LogP contribution in [-0.4, -0.2) is 53.0 Å². The zero-order valence-electron chi connectivity index (χ0n) is 33.4. The van der Waals surface area contributed by atoms with Crippen molar-refractivity contribution in [3.63, 3.8) is 0 Å². The van der Waals surface area contributed by atoms with E-state index in [1.165, 1.54) is 24.8 Å². The van der Waals surface area contributed by atoms with Crippen LogP contribution in [0.2, 0.25) is 0 Å². The quantitative estimate of drug-likeness (QED) is 0.103. The lowest BCUT2D eigenvalue weighted by atomic mass is 10.2. The van der Waals surface area contributed by atoms with Crippen molar-refractivity contribution in [1.82, 2.24) is 29.4 Å².